The van der Waals surface area contributed by atoms with Crippen molar-refractivity contribution in [3.05, 3.63) is 54.1 Å². The van der Waals surface area contributed by atoms with Gasteiger partial charge in [0.15, 0.2) is 0 Å². The third-order valence-corrected chi connectivity index (χ3v) is 4.36. The first-order chi connectivity index (χ1) is 11.1. The molecular formula is C19H22N2O2. The van der Waals surface area contributed by atoms with E-state index in [2.05, 4.69) is 11.4 Å². The Labute approximate surface area is 136 Å². The molecule has 0 aliphatic carbocycles. The van der Waals surface area contributed by atoms with Crippen LogP contribution >= 0.6 is 0 Å². The molecule has 23 heavy (non-hydrogen) atoms. The van der Waals surface area contributed by atoms with E-state index in [1.165, 1.54) is 4.90 Å². The molecule has 120 valence electrons. The summed E-state index contributed by atoms with van der Waals surface area (Å²) in [6.07, 6.45) is 0.133. The highest BCUT2D eigenvalue weighted by Gasteiger charge is 2.24. The van der Waals surface area contributed by atoms with E-state index in [-0.39, 0.29) is 0 Å². The van der Waals surface area contributed by atoms with Crippen molar-refractivity contribution in [1.82, 2.24) is 5.32 Å². The van der Waals surface area contributed by atoms with Crippen LogP contribution in [0.2, 0.25) is 0 Å². The number of anilines is 1. The Hall–Kier alpha value is -2.33. The summed E-state index contributed by atoms with van der Waals surface area (Å²) in [6.45, 7) is 4.42. The van der Waals surface area contributed by atoms with Gasteiger partial charge in [0.1, 0.15) is 0 Å². The molecule has 2 N–H and O–H groups in total. The van der Waals surface area contributed by atoms with Crippen LogP contribution in [0.15, 0.2) is 48.5 Å². The van der Waals surface area contributed by atoms with E-state index in [0.29, 0.717) is 12.5 Å². The maximum atomic E-state index is 11.9. The molecule has 1 aliphatic heterocycles. The van der Waals surface area contributed by atoms with Gasteiger partial charge in [-0.1, -0.05) is 42.0 Å². The lowest BCUT2D eigenvalue weighted by atomic mass is 9.99. The van der Waals surface area contributed by atoms with Crippen LogP contribution in [0, 0.1) is 12.8 Å². The van der Waals surface area contributed by atoms with Crippen molar-refractivity contribution < 1.29 is 9.90 Å². The molecule has 4 nitrogen and oxygen atoms in total. The van der Waals surface area contributed by atoms with E-state index in [9.17, 15) is 9.90 Å². The minimum Gasteiger partial charge on any atom is -0.465 e. The van der Waals surface area contributed by atoms with Crippen LogP contribution in [0.3, 0.4) is 0 Å². The van der Waals surface area contributed by atoms with Crippen LogP contribution in [-0.2, 0) is 0 Å². The van der Waals surface area contributed by atoms with Gasteiger partial charge in [0.2, 0.25) is 0 Å². The standard InChI is InChI=1S/C19H22N2O2/c1-14-7-8-18(17(11-14)16-5-3-2-4-6-16)21(19(22)23)13-15-9-10-20-12-15/h2-8,11,15,20H,9-10,12-13H2,1H3,(H,22,23)/t15-/m1/s1. The average molecular weight is 310 g/mol. The third-order valence-electron chi connectivity index (χ3n) is 4.36. The lowest BCUT2D eigenvalue weighted by Gasteiger charge is -2.25. The number of carboxylic acid groups (broad SMARTS) is 1. The predicted octanol–water partition coefficient (Wildman–Crippen LogP) is 3.76. The number of nitrogens with one attached hydrogen (secondary N) is 1. The summed E-state index contributed by atoms with van der Waals surface area (Å²) in [7, 11) is 0. The number of benzene rings is 2. The molecule has 1 fully saturated rings. The molecule has 1 aliphatic rings. The topological polar surface area (TPSA) is 52.6 Å². The zero-order valence-corrected chi connectivity index (χ0v) is 13.3. The van der Waals surface area contributed by atoms with E-state index in [1.54, 1.807) is 0 Å². The summed E-state index contributed by atoms with van der Waals surface area (Å²) in [5, 5.41) is 13.0. The molecule has 1 heterocycles. The van der Waals surface area contributed by atoms with Crippen molar-refractivity contribution in [1.29, 1.82) is 0 Å². The van der Waals surface area contributed by atoms with Gasteiger partial charge in [0, 0.05) is 12.1 Å². The summed E-state index contributed by atoms with van der Waals surface area (Å²) in [6, 6.07) is 15.9. The van der Waals surface area contributed by atoms with Crippen molar-refractivity contribution in [2.45, 2.75) is 13.3 Å². The Kier molecular flexibility index (Phi) is 4.63. The fraction of sp³-hybridized carbons (Fsp3) is 0.316. The summed E-state index contributed by atoms with van der Waals surface area (Å²) >= 11 is 0. The molecule has 0 aromatic heterocycles. The fourth-order valence-electron chi connectivity index (χ4n) is 3.14. The van der Waals surface area contributed by atoms with Crippen LogP contribution < -0.4 is 10.2 Å². The van der Waals surface area contributed by atoms with Crippen LogP contribution in [0.1, 0.15) is 12.0 Å². The van der Waals surface area contributed by atoms with E-state index in [0.717, 1.165) is 41.9 Å². The molecule has 0 radical (unpaired) electrons. The quantitative estimate of drug-likeness (QED) is 0.904. The van der Waals surface area contributed by atoms with Crippen molar-refractivity contribution in [3.63, 3.8) is 0 Å². The molecule has 0 unspecified atom stereocenters. The second kappa shape index (κ2) is 6.84. The van der Waals surface area contributed by atoms with Crippen LogP contribution in [0.4, 0.5) is 10.5 Å². The first kappa shape index (κ1) is 15.6. The largest absolute Gasteiger partial charge is 0.465 e. The van der Waals surface area contributed by atoms with Crippen LogP contribution in [0.5, 0.6) is 0 Å². The molecular weight excluding hydrogens is 288 g/mol. The second-order valence-corrected chi connectivity index (χ2v) is 6.14. The fourth-order valence-corrected chi connectivity index (χ4v) is 3.14. The average Bonchev–Trinajstić information content (AvgIpc) is 3.07. The first-order valence-electron chi connectivity index (χ1n) is 8.02. The van der Waals surface area contributed by atoms with Crippen LogP contribution in [-0.4, -0.2) is 30.8 Å². The van der Waals surface area contributed by atoms with Gasteiger partial charge < -0.3 is 10.4 Å². The van der Waals surface area contributed by atoms with Gasteiger partial charge in [0.25, 0.3) is 0 Å². The number of carbonyl (C=O) groups is 1. The van der Waals surface area contributed by atoms with Gasteiger partial charge >= 0.3 is 6.09 Å². The monoisotopic (exact) mass is 310 g/mol. The van der Waals surface area contributed by atoms with Gasteiger partial charge in [-0.05, 0) is 50.0 Å². The number of rotatable bonds is 4. The minimum atomic E-state index is -0.891. The summed E-state index contributed by atoms with van der Waals surface area (Å²) < 4.78 is 0. The molecule has 1 atom stereocenters. The zero-order valence-electron chi connectivity index (χ0n) is 13.3. The van der Waals surface area contributed by atoms with Gasteiger partial charge in [0.05, 0.1) is 5.69 Å². The Morgan fingerprint density at radius 2 is 2.04 bits per heavy atom. The minimum absolute atomic E-state index is 0.371. The predicted molar refractivity (Wildman–Crippen MR) is 93.0 cm³/mol. The van der Waals surface area contributed by atoms with Crippen molar-refractivity contribution in [2.75, 3.05) is 24.5 Å². The molecule has 0 spiro atoms. The Bertz CT molecular complexity index is 679. The number of aryl methyl sites for hydroxylation is 1. The zero-order chi connectivity index (χ0) is 16.2. The number of hydrogen-bond donors (Lipinski definition) is 2. The summed E-state index contributed by atoms with van der Waals surface area (Å²) in [4.78, 5) is 13.4. The smallest absolute Gasteiger partial charge is 0.411 e. The van der Waals surface area contributed by atoms with E-state index < -0.39 is 6.09 Å². The molecule has 4 heteroatoms. The van der Waals surface area contributed by atoms with E-state index >= 15 is 0 Å². The van der Waals surface area contributed by atoms with Crippen LogP contribution in [0.25, 0.3) is 11.1 Å². The van der Waals surface area contributed by atoms with Crippen molar-refractivity contribution in [2.24, 2.45) is 5.92 Å². The van der Waals surface area contributed by atoms with Crippen molar-refractivity contribution in [3.8, 4) is 11.1 Å². The number of hydrogen-bond acceptors (Lipinski definition) is 2. The highest BCUT2D eigenvalue weighted by Crippen LogP contribution is 2.32. The lowest BCUT2D eigenvalue weighted by Crippen LogP contribution is -2.35. The first-order valence-corrected chi connectivity index (χ1v) is 8.02. The lowest BCUT2D eigenvalue weighted by molar-refractivity contribution is 0.200. The Morgan fingerprint density at radius 1 is 1.26 bits per heavy atom. The van der Waals surface area contributed by atoms with E-state index in [4.69, 9.17) is 0 Å². The second-order valence-electron chi connectivity index (χ2n) is 6.14. The normalized spacial score (nSPS) is 17.2. The maximum Gasteiger partial charge on any atom is 0.411 e. The summed E-state index contributed by atoms with van der Waals surface area (Å²) in [5.74, 6) is 0.371. The third kappa shape index (κ3) is 3.54. The maximum absolute atomic E-state index is 11.9. The van der Waals surface area contributed by atoms with E-state index in [1.807, 2.05) is 49.4 Å². The molecule has 0 saturated carbocycles. The summed E-state index contributed by atoms with van der Waals surface area (Å²) in [5.41, 5.74) is 3.91. The molecule has 1 saturated heterocycles. The SMILES string of the molecule is Cc1ccc(N(C[C@@H]2CCNC2)C(=O)O)c(-c2ccccc2)c1. The highest BCUT2D eigenvalue weighted by atomic mass is 16.4. The van der Waals surface area contributed by atoms with Gasteiger partial charge in [-0.25, -0.2) is 4.79 Å². The van der Waals surface area contributed by atoms with Gasteiger partial charge in [-0.15, -0.1) is 0 Å². The number of nitrogens with zero attached hydrogens (tertiary/aromatic N) is 1. The molecule has 3 rings (SSSR count). The molecule has 2 aromatic rings. The number of amides is 1. The highest BCUT2D eigenvalue weighted by molar-refractivity contribution is 5.93. The molecule has 2 aromatic carbocycles. The van der Waals surface area contributed by atoms with Crippen molar-refractivity contribution >= 4 is 11.8 Å². The van der Waals surface area contributed by atoms with Gasteiger partial charge in [-0.3, -0.25) is 4.90 Å². The Morgan fingerprint density at radius 3 is 2.70 bits per heavy atom. The van der Waals surface area contributed by atoms with Gasteiger partial charge in [-0.2, -0.15) is 0 Å². The molecule has 1 amide bonds. The Balaban J connectivity index is 2.00. The molecule has 0 bridgehead atoms.